The fourth-order valence-corrected chi connectivity index (χ4v) is 2.12. The van der Waals surface area contributed by atoms with Gasteiger partial charge in [0.05, 0.1) is 0 Å². The van der Waals surface area contributed by atoms with E-state index < -0.39 is 0 Å². The van der Waals surface area contributed by atoms with Gasteiger partial charge in [-0.2, -0.15) is 0 Å². The van der Waals surface area contributed by atoms with Crippen LogP contribution >= 0.6 is 0 Å². The lowest BCUT2D eigenvalue weighted by molar-refractivity contribution is 0.225. The summed E-state index contributed by atoms with van der Waals surface area (Å²) in [7, 11) is 0. The van der Waals surface area contributed by atoms with Gasteiger partial charge in [-0.25, -0.2) is 0 Å². The van der Waals surface area contributed by atoms with E-state index in [0.717, 1.165) is 6.04 Å². The monoisotopic (exact) mass is 183 g/mol. The maximum atomic E-state index is 3.68. The van der Waals surface area contributed by atoms with Gasteiger partial charge in [0.15, 0.2) is 0 Å². The Balaban J connectivity index is 2.32. The van der Waals surface area contributed by atoms with Crippen LogP contribution in [-0.4, -0.2) is 12.6 Å². The van der Waals surface area contributed by atoms with Crippen molar-refractivity contribution in [2.45, 2.75) is 65.3 Å². The SMILES string of the molecule is CCCC(CC)(CC)CNC1CC1. The molecule has 1 aliphatic carbocycles. The van der Waals surface area contributed by atoms with Crippen LogP contribution in [0.25, 0.3) is 0 Å². The highest BCUT2D eigenvalue weighted by atomic mass is 15.0. The lowest BCUT2D eigenvalue weighted by Crippen LogP contribution is -2.34. The summed E-state index contributed by atoms with van der Waals surface area (Å²) < 4.78 is 0. The standard InChI is InChI=1S/C12H25N/c1-4-9-12(5-2,6-3)10-13-11-7-8-11/h11,13H,4-10H2,1-3H3. The topological polar surface area (TPSA) is 12.0 Å². The van der Waals surface area contributed by atoms with Crippen LogP contribution in [0.15, 0.2) is 0 Å². The Kier molecular flexibility index (Phi) is 4.24. The van der Waals surface area contributed by atoms with Gasteiger partial charge in [0.1, 0.15) is 0 Å². The molecule has 13 heavy (non-hydrogen) atoms. The van der Waals surface area contributed by atoms with Gasteiger partial charge in [-0.1, -0.05) is 27.2 Å². The van der Waals surface area contributed by atoms with E-state index in [0.29, 0.717) is 5.41 Å². The van der Waals surface area contributed by atoms with Crippen molar-refractivity contribution in [3.63, 3.8) is 0 Å². The predicted molar refractivity (Wildman–Crippen MR) is 58.9 cm³/mol. The summed E-state index contributed by atoms with van der Waals surface area (Å²) in [6.45, 7) is 8.23. The average molecular weight is 183 g/mol. The molecule has 1 saturated carbocycles. The fraction of sp³-hybridized carbons (Fsp3) is 1.00. The van der Waals surface area contributed by atoms with Crippen molar-refractivity contribution in [2.24, 2.45) is 5.41 Å². The second-order valence-corrected chi connectivity index (χ2v) is 4.61. The lowest BCUT2D eigenvalue weighted by Gasteiger charge is -2.32. The zero-order chi connectivity index (χ0) is 9.73. The first-order valence-electron chi connectivity index (χ1n) is 5.99. The van der Waals surface area contributed by atoms with Crippen LogP contribution in [-0.2, 0) is 0 Å². The molecule has 1 heteroatoms. The molecule has 0 saturated heterocycles. The Labute approximate surface area is 83.3 Å². The van der Waals surface area contributed by atoms with Gasteiger partial charge in [-0.05, 0) is 37.5 Å². The van der Waals surface area contributed by atoms with Crippen molar-refractivity contribution >= 4 is 0 Å². The molecular formula is C12H25N. The molecule has 0 spiro atoms. The van der Waals surface area contributed by atoms with E-state index in [-0.39, 0.29) is 0 Å². The van der Waals surface area contributed by atoms with Crippen LogP contribution in [0.5, 0.6) is 0 Å². The molecular weight excluding hydrogens is 158 g/mol. The van der Waals surface area contributed by atoms with Crippen LogP contribution < -0.4 is 5.32 Å². The molecule has 0 aliphatic heterocycles. The Hall–Kier alpha value is -0.0400. The first-order valence-corrected chi connectivity index (χ1v) is 5.99. The molecule has 0 unspecified atom stereocenters. The maximum Gasteiger partial charge on any atom is 0.00684 e. The summed E-state index contributed by atoms with van der Waals surface area (Å²) in [5, 5.41) is 3.68. The van der Waals surface area contributed by atoms with E-state index in [1.54, 1.807) is 0 Å². The van der Waals surface area contributed by atoms with Gasteiger partial charge < -0.3 is 5.32 Å². The minimum atomic E-state index is 0.595. The van der Waals surface area contributed by atoms with E-state index in [1.807, 2.05) is 0 Å². The van der Waals surface area contributed by atoms with Gasteiger partial charge in [0.2, 0.25) is 0 Å². The Morgan fingerprint density at radius 2 is 1.77 bits per heavy atom. The highest BCUT2D eigenvalue weighted by molar-refractivity contribution is 4.86. The molecule has 0 atom stereocenters. The molecule has 1 nitrogen and oxygen atoms in total. The van der Waals surface area contributed by atoms with Crippen molar-refractivity contribution in [3.05, 3.63) is 0 Å². The Morgan fingerprint density at radius 1 is 1.15 bits per heavy atom. The fourth-order valence-electron chi connectivity index (χ4n) is 2.12. The summed E-state index contributed by atoms with van der Waals surface area (Å²) in [6, 6.07) is 0.870. The summed E-state index contributed by atoms with van der Waals surface area (Å²) in [5.41, 5.74) is 0.595. The summed E-state index contributed by atoms with van der Waals surface area (Å²) in [4.78, 5) is 0. The van der Waals surface area contributed by atoms with E-state index in [4.69, 9.17) is 0 Å². The first-order chi connectivity index (χ1) is 6.26. The lowest BCUT2D eigenvalue weighted by atomic mass is 9.78. The third kappa shape index (κ3) is 3.30. The van der Waals surface area contributed by atoms with Gasteiger partial charge in [0.25, 0.3) is 0 Å². The van der Waals surface area contributed by atoms with Crippen LogP contribution in [0.2, 0.25) is 0 Å². The highest BCUT2D eigenvalue weighted by Gasteiger charge is 2.28. The van der Waals surface area contributed by atoms with E-state index in [2.05, 4.69) is 26.1 Å². The molecule has 1 N–H and O–H groups in total. The van der Waals surface area contributed by atoms with Crippen molar-refractivity contribution in [3.8, 4) is 0 Å². The second-order valence-electron chi connectivity index (χ2n) is 4.61. The second kappa shape index (κ2) is 4.99. The van der Waals surface area contributed by atoms with E-state index >= 15 is 0 Å². The molecule has 0 aromatic rings. The minimum Gasteiger partial charge on any atom is -0.313 e. The number of rotatable bonds is 7. The summed E-state index contributed by atoms with van der Waals surface area (Å²) >= 11 is 0. The van der Waals surface area contributed by atoms with Crippen LogP contribution in [0.1, 0.15) is 59.3 Å². The third-order valence-electron chi connectivity index (χ3n) is 3.62. The molecule has 0 bridgehead atoms. The normalized spacial score (nSPS) is 17.8. The molecule has 78 valence electrons. The zero-order valence-electron chi connectivity index (χ0n) is 9.53. The number of hydrogen-bond acceptors (Lipinski definition) is 1. The zero-order valence-corrected chi connectivity index (χ0v) is 9.53. The van der Waals surface area contributed by atoms with Crippen molar-refractivity contribution < 1.29 is 0 Å². The largest absolute Gasteiger partial charge is 0.313 e. The Morgan fingerprint density at radius 3 is 2.15 bits per heavy atom. The maximum absolute atomic E-state index is 3.68. The number of hydrogen-bond donors (Lipinski definition) is 1. The van der Waals surface area contributed by atoms with E-state index in [1.165, 1.54) is 45.1 Å². The molecule has 0 radical (unpaired) electrons. The molecule has 0 amide bonds. The van der Waals surface area contributed by atoms with Crippen LogP contribution in [0.4, 0.5) is 0 Å². The van der Waals surface area contributed by atoms with Gasteiger partial charge in [-0.3, -0.25) is 0 Å². The van der Waals surface area contributed by atoms with Crippen molar-refractivity contribution in [1.29, 1.82) is 0 Å². The van der Waals surface area contributed by atoms with Gasteiger partial charge >= 0.3 is 0 Å². The molecule has 1 rings (SSSR count). The smallest absolute Gasteiger partial charge is 0.00684 e. The average Bonchev–Trinajstić information content (AvgIpc) is 2.96. The molecule has 0 aromatic carbocycles. The van der Waals surface area contributed by atoms with Gasteiger partial charge in [-0.15, -0.1) is 0 Å². The van der Waals surface area contributed by atoms with Crippen LogP contribution in [0, 0.1) is 5.41 Å². The molecule has 1 fully saturated rings. The van der Waals surface area contributed by atoms with E-state index in [9.17, 15) is 0 Å². The Bertz CT molecular complexity index is 134. The van der Waals surface area contributed by atoms with Crippen molar-refractivity contribution in [2.75, 3.05) is 6.54 Å². The number of nitrogens with one attached hydrogen (secondary N) is 1. The summed E-state index contributed by atoms with van der Waals surface area (Å²) in [5.74, 6) is 0. The first kappa shape index (κ1) is 11.0. The molecule has 0 heterocycles. The minimum absolute atomic E-state index is 0.595. The highest BCUT2D eigenvalue weighted by Crippen LogP contribution is 2.32. The predicted octanol–water partition coefficient (Wildman–Crippen LogP) is 3.34. The molecule has 0 aromatic heterocycles. The third-order valence-corrected chi connectivity index (χ3v) is 3.62. The summed E-state index contributed by atoms with van der Waals surface area (Å²) in [6.07, 6.45) is 8.20. The van der Waals surface area contributed by atoms with Crippen LogP contribution in [0.3, 0.4) is 0 Å². The van der Waals surface area contributed by atoms with Gasteiger partial charge in [0, 0.05) is 12.6 Å². The quantitative estimate of drug-likeness (QED) is 0.638. The molecule has 1 aliphatic rings. The van der Waals surface area contributed by atoms with Crippen molar-refractivity contribution in [1.82, 2.24) is 5.32 Å².